The Morgan fingerprint density at radius 1 is 1.22 bits per heavy atom. The third kappa shape index (κ3) is 5.07. The van der Waals surface area contributed by atoms with Crippen LogP contribution in [-0.4, -0.2) is 41.7 Å². The number of thiocarbonyl (C=S) groups is 1. The fourth-order valence-electron chi connectivity index (χ4n) is 1.07. The summed E-state index contributed by atoms with van der Waals surface area (Å²) in [4.78, 5) is 11.4. The van der Waals surface area contributed by atoms with Crippen molar-refractivity contribution in [2.24, 2.45) is 11.7 Å². The first-order chi connectivity index (χ1) is 7.87. The molecule has 1 amide bonds. The van der Waals surface area contributed by atoms with E-state index in [1.54, 1.807) is 0 Å². The maximum Gasteiger partial charge on any atom is 0.409 e. The van der Waals surface area contributed by atoms with Crippen LogP contribution in [0.1, 0.15) is 6.42 Å². The Morgan fingerprint density at radius 2 is 1.61 bits per heavy atom. The molecular formula is C8H10F6N2OS. The molecule has 18 heavy (non-hydrogen) atoms. The van der Waals surface area contributed by atoms with E-state index in [1.165, 1.54) is 0 Å². The first-order valence-corrected chi connectivity index (χ1v) is 4.95. The molecule has 0 spiro atoms. The van der Waals surface area contributed by atoms with Crippen molar-refractivity contribution >= 4 is 23.1 Å². The zero-order valence-electron chi connectivity index (χ0n) is 9.10. The van der Waals surface area contributed by atoms with E-state index in [4.69, 9.17) is 5.73 Å². The molecule has 0 saturated heterocycles. The molecule has 0 aliphatic rings. The van der Waals surface area contributed by atoms with Crippen molar-refractivity contribution in [3.8, 4) is 0 Å². The number of nitrogens with two attached hydrogens (primary N) is 1. The number of carbonyl (C=O) groups excluding carboxylic acids is 1. The van der Waals surface area contributed by atoms with Crippen LogP contribution in [0.15, 0.2) is 0 Å². The predicted molar refractivity (Wildman–Crippen MR) is 54.6 cm³/mol. The van der Waals surface area contributed by atoms with Gasteiger partial charge in [-0.25, -0.2) is 0 Å². The molecule has 0 rings (SSSR count). The standard InChI is InChI=1S/C8H10F6N2OS/c1-16(3-2-4(15)18)6(17)5(7(9,10)11)8(12,13)14/h5H,2-3H2,1H3,(H2,15,18). The average Bonchev–Trinajstić information content (AvgIpc) is 2.08. The van der Waals surface area contributed by atoms with Gasteiger partial charge in [-0.3, -0.25) is 4.79 Å². The Labute approximate surface area is 104 Å². The van der Waals surface area contributed by atoms with Crippen molar-refractivity contribution in [3.05, 3.63) is 0 Å². The van der Waals surface area contributed by atoms with E-state index in [1.807, 2.05) is 0 Å². The topological polar surface area (TPSA) is 46.3 Å². The fraction of sp³-hybridized carbons (Fsp3) is 0.750. The minimum Gasteiger partial charge on any atom is -0.393 e. The Morgan fingerprint density at radius 3 is 1.89 bits per heavy atom. The molecule has 2 N–H and O–H groups in total. The quantitative estimate of drug-likeness (QED) is 0.636. The Kier molecular flexibility index (Phi) is 5.38. The number of rotatable bonds is 4. The molecule has 0 atom stereocenters. The lowest BCUT2D eigenvalue weighted by atomic mass is 10.1. The molecule has 0 fully saturated rings. The SMILES string of the molecule is CN(CCC(N)=S)C(=O)C(C(F)(F)F)C(F)(F)F. The molecule has 0 aromatic carbocycles. The van der Waals surface area contributed by atoms with E-state index in [2.05, 4.69) is 12.2 Å². The lowest BCUT2D eigenvalue weighted by Gasteiger charge is -2.26. The summed E-state index contributed by atoms with van der Waals surface area (Å²) in [7, 11) is 0.824. The van der Waals surface area contributed by atoms with Crippen LogP contribution in [0, 0.1) is 5.92 Å². The van der Waals surface area contributed by atoms with Crippen molar-refractivity contribution in [1.29, 1.82) is 0 Å². The molecule has 3 nitrogen and oxygen atoms in total. The zero-order valence-corrected chi connectivity index (χ0v) is 9.92. The molecule has 0 bridgehead atoms. The van der Waals surface area contributed by atoms with E-state index in [0.717, 1.165) is 7.05 Å². The van der Waals surface area contributed by atoms with Gasteiger partial charge in [0.1, 0.15) is 0 Å². The molecule has 0 heterocycles. The van der Waals surface area contributed by atoms with Crippen LogP contribution in [0.4, 0.5) is 26.3 Å². The zero-order chi connectivity index (χ0) is 14.7. The molecule has 0 radical (unpaired) electrons. The summed E-state index contributed by atoms with van der Waals surface area (Å²) in [6.07, 6.45) is -11.5. The van der Waals surface area contributed by atoms with Gasteiger partial charge in [-0.2, -0.15) is 26.3 Å². The van der Waals surface area contributed by atoms with Crippen LogP contribution in [0.25, 0.3) is 0 Å². The number of hydrogen-bond donors (Lipinski definition) is 1. The minimum absolute atomic E-state index is 0.106. The smallest absolute Gasteiger partial charge is 0.393 e. The molecule has 10 heteroatoms. The van der Waals surface area contributed by atoms with Gasteiger partial charge < -0.3 is 10.6 Å². The van der Waals surface area contributed by atoms with Gasteiger partial charge in [-0.1, -0.05) is 12.2 Å². The number of nitrogens with zero attached hydrogens (tertiary/aromatic N) is 1. The van der Waals surface area contributed by atoms with Crippen molar-refractivity contribution < 1.29 is 31.1 Å². The first kappa shape index (κ1) is 16.9. The Balaban J connectivity index is 4.94. The number of amides is 1. The number of hydrogen-bond acceptors (Lipinski definition) is 2. The second kappa shape index (κ2) is 5.72. The third-order valence-electron chi connectivity index (χ3n) is 1.97. The van der Waals surface area contributed by atoms with Crippen LogP contribution >= 0.6 is 12.2 Å². The summed E-state index contributed by atoms with van der Waals surface area (Å²) in [5.41, 5.74) is 5.04. The fourth-order valence-corrected chi connectivity index (χ4v) is 1.17. The molecule has 0 unspecified atom stereocenters. The van der Waals surface area contributed by atoms with Crippen molar-refractivity contribution in [2.45, 2.75) is 18.8 Å². The lowest BCUT2D eigenvalue weighted by Crippen LogP contribution is -2.48. The highest BCUT2D eigenvalue weighted by atomic mass is 32.1. The Hall–Kier alpha value is -1.06. The number of carbonyl (C=O) groups is 1. The third-order valence-corrected chi connectivity index (χ3v) is 2.18. The minimum atomic E-state index is -5.69. The monoisotopic (exact) mass is 296 g/mol. The molecule has 0 aliphatic carbocycles. The van der Waals surface area contributed by atoms with E-state index in [0.29, 0.717) is 4.90 Å². The summed E-state index contributed by atoms with van der Waals surface area (Å²) in [5.74, 6) is -6.10. The first-order valence-electron chi connectivity index (χ1n) is 4.54. The van der Waals surface area contributed by atoms with E-state index >= 15 is 0 Å². The van der Waals surface area contributed by atoms with Crippen molar-refractivity contribution in [2.75, 3.05) is 13.6 Å². The molecular weight excluding hydrogens is 286 g/mol. The lowest BCUT2D eigenvalue weighted by molar-refractivity contribution is -0.277. The number of alkyl halides is 6. The van der Waals surface area contributed by atoms with E-state index < -0.39 is 30.7 Å². The van der Waals surface area contributed by atoms with Gasteiger partial charge in [0, 0.05) is 20.0 Å². The largest absolute Gasteiger partial charge is 0.409 e. The van der Waals surface area contributed by atoms with E-state index in [-0.39, 0.29) is 11.4 Å². The molecule has 106 valence electrons. The summed E-state index contributed by atoms with van der Waals surface area (Å²) in [5, 5.41) is 0. The van der Waals surface area contributed by atoms with E-state index in [9.17, 15) is 31.1 Å². The molecule has 0 aromatic heterocycles. The maximum absolute atomic E-state index is 12.2. The highest BCUT2D eigenvalue weighted by molar-refractivity contribution is 7.80. The number of halogens is 6. The van der Waals surface area contributed by atoms with Gasteiger partial charge in [0.05, 0.1) is 4.99 Å². The molecule has 0 aromatic rings. The summed E-state index contributed by atoms with van der Waals surface area (Å²) >= 11 is 4.41. The predicted octanol–water partition coefficient (Wildman–Crippen LogP) is 1.86. The van der Waals surface area contributed by atoms with Crippen molar-refractivity contribution in [1.82, 2.24) is 4.90 Å². The average molecular weight is 296 g/mol. The summed E-state index contributed by atoms with van der Waals surface area (Å²) in [6, 6.07) is 0. The van der Waals surface area contributed by atoms with Crippen LogP contribution < -0.4 is 5.73 Å². The molecule has 0 aliphatic heterocycles. The Bertz CT molecular complexity index is 313. The van der Waals surface area contributed by atoms with Crippen LogP contribution in [0.3, 0.4) is 0 Å². The highest BCUT2D eigenvalue weighted by Gasteiger charge is 2.61. The van der Waals surface area contributed by atoms with Gasteiger partial charge in [-0.15, -0.1) is 0 Å². The second-order valence-electron chi connectivity index (χ2n) is 3.49. The van der Waals surface area contributed by atoms with Gasteiger partial charge in [0.15, 0.2) is 0 Å². The summed E-state index contributed by atoms with van der Waals surface area (Å²) in [6.45, 7) is -0.406. The van der Waals surface area contributed by atoms with Crippen molar-refractivity contribution in [3.63, 3.8) is 0 Å². The summed E-state index contributed by atoms with van der Waals surface area (Å²) < 4.78 is 73.2. The maximum atomic E-state index is 12.2. The molecule has 0 saturated carbocycles. The van der Waals surface area contributed by atoms with Gasteiger partial charge in [0.2, 0.25) is 11.8 Å². The van der Waals surface area contributed by atoms with Gasteiger partial charge in [0.25, 0.3) is 0 Å². The van der Waals surface area contributed by atoms with Gasteiger partial charge in [-0.05, 0) is 0 Å². The van der Waals surface area contributed by atoms with Crippen LogP contribution in [-0.2, 0) is 4.79 Å². The normalized spacial score (nSPS) is 12.7. The van der Waals surface area contributed by atoms with Crippen LogP contribution in [0.2, 0.25) is 0 Å². The van der Waals surface area contributed by atoms with Gasteiger partial charge >= 0.3 is 12.4 Å². The second-order valence-corrected chi connectivity index (χ2v) is 4.02. The van der Waals surface area contributed by atoms with Crippen LogP contribution in [0.5, 0.6) is 0 Å². The highest BCUT2D eigenvalue weighted by Crippen LogP contribution is 2.40.